The molecule has 0 aliphatic carbocycles. The number of nitrogens with zero attached hydrogens (tertiary/aromatic N) is 3. The van der Waals surface area contributed by atoms with E-state index in [1.54, 1.807) is 11.0 Å². The summed E-state index contributed by atoms with van der Waals surface area (Å²) in [5, 5.41) is 1.84. The molecule has 2 aliphatic heterocycles. The van der Waals surface area contributed by atoms with E-state index < -0.39 is 10.2 Å². The third-order valence-electron chi connectivity index (χ3n) is 4.99. The standard InChI is InChI=1S/C18H27N3O5S2/c1-14-12-21(13-15(2)26-14)28(24,25)20-9-7-19(8-10-20)18(23)6-5-16(22)17-4-3-11-27-17/h3-4,11,14-15H,5-10,12-13H2,1-2H3. The summed E-state index contributed by atoms with van der Waals surface area (Å²) in [5.74, 6) is -0.129. The third kappa shape index (κ3) is 4.98. The predicted molar refractivity (Wildman–Crippen MR) is 107 cm³/mol. The Labute approximate surface area is 170 Å². The average molecular weight is 430 g/mol. The molecule has 0 bridgehead atoms. The van der Waals surface area contributed by atoms with Crippen molar-refractivity contribution in [3.8, 4) is 0 Å². The largest absolute Gasteiger partial charge is 0.373 e. The second-order valence-corrected chi connectivity index (χ2v) is 10.1. The van der Waals surface area contributed by atoms with Crippen molar-refractivity contribution in [3.05, 3.63) is 22.4 Å². The van der Waals surface area contributed by atoms with Crippen molar-refractivity contribution in [1.29, 1.82) is 0 Å². The summed E-state index contributed by atoms with van der Waals surface area (Å²) in [5.41, 5.74) is 0. The Morgan fingerprint density at radius 2 is 1.71 bits per heavy atom. The lowest BCUT2D eigenvalue weighted by Crippen LogP contribution is -2.57. The molecule has 0 aromatic carbocycles. The molecular weight excluding hydrogens is 402 g/mol. The molecule has 0 spiro atoms. The molecule has 2 aliphatic rings. The van der Waals surface area contributed by atoms with E-state index in [0.717, 1.165) is 0 Å². The summed E-state index contributed by atoms with van der Waals surface area (Å²) >= 11 is 1.37. The van der Waals surface area contributed by atoms with Gasteiger partial charge in [0.2, 0.25) is 5.91 Å². The number of Topliss-reactive ketones (excluding diaryl/α,β-unsaturated/α-hetero) is 1. The molecule has 3 rings (SSSR count). The number of hydrogen-bond donors (Lipinski definition) is 0. The molecule has 2 unspecified atom stereocenters. The predicted octanol–water partition coefficient (Wildman–Crippen LogP) is 1.21. The van der Waals surface area contributed by atoms with E-state index in [4.69, 9.17) is 4.74 Å². The minimum atomic E-state index is -3.56. The molecule has 3 heterocycles. The van der Waals surface area contributed by atoms with Crippen LogP contribution in [0.4, 0.5) is 0 Å². The Hall–Kier alpha value is -1.33. The lowest BCUT2D eigenvalue weighted by Gasteiger charge is -2.40. The van der Waals surface area contributed by atoms with Crippen molar-refractivity contribution < 1.29 is 22.7 Å². The van der Waals surface area contributed by atoms with Gasteiger partial charge >= 0.3 is 0 Å². The maximum absolute atomic E-state index is 12.9. The van der Waals surface area contributed by atoms with Crippen LogP contribution >= 0.6 is 11.3 Å². The van der Waals surface area contributed by atoms with E-state index in [2.05, 4.69) is 0 Å². The van der Waals surface area contributed by atoms with Crippen LogP contribution in [0.25, 0.3) is 0 Å². The number of rotatable bonds is 6. The van der Waals surface area contributed by atoms with Crippen molar-refractivity contribution in [2.75, 3.05) is 39.3 Å². The fourth-order valence-electron chi connectivity index (χ4n) is 3.59. The highest BCUT2D eigenvalue weighted by atomic mass is 32.2. The van der Waals surface area contributed by atoms with Gasteiger partial charge in [-0.05, 0) is 25.3 Å². The van der Waals surface area contributed by atoms with Crippen molar-refractivity contribution in [3.63, 3.8) is 0 Å². The highest BCUT2D eigenvalue weighted by Crippen LogP contribution is 2.19. The average Bonchev–Trinajstić information content (AvgIpc) is 3.20. The summed E-state index contributed by atoms with van der Waals surface area (Å²) in [6.45, 7) is 5.66. The van der Waals surface area contributed by atoms with Crippen molar-refractivity contribution in [2.45, 2.75) is 38.9 Å². The van der Waals surface area contributed by atoms with Crippen LogP contribution in [0.3, 0.4) is 0 Å². The number of carbonyl (C=O) groups excluding carboxylic acids is 2. The zero-order chi connectivity index (χ0) is 20.3. The zero-order valence-electron chi connectivity index (χ0n) is 16.2. The summed E-state index contributed by atoms with van der Waals surface area (Å²) < 4.78 is 34.3. The lowest BCUT2D eigenvalue weighted by molar-refractivity contribution is -0.132. The summed E-state index contributed by atoms with van der Waals surface area (Å²) in [6, 6.07) is 3.57. The SMILES string of the molecule is CC1CN(S(=O)(=O)N2CCN(C(=O)CCC(=O)c3cccs3)CC2)CC(C)O1. The monoisotopic (exact) mass is 429 g/mol. The molecular formula is C18H27N3O5S2. The Morgan fingerprint density at radius 1 is 1.07 bits per heavy atom. The Kier molecular flexibility index (Phi) is 6.87. The van der Waals surface area contributed by atoms with Crippen LogP contribution in [-0.2, 0) is 19.7 Å². The van der Waals surface area contributed by atoms with Gasteiger partial charge < -0.3 is 9.64 Å². The number of carbonyl (C=O) groups is 2. The molecule has 1 aromatic rings. The molecule has 1 aromatic heterocycles. The minimum absolute atomic E-state index is 0.0277. The van der Waals surface area contributed by atoms with E-state index in [9.17, 15) is 18.0 Å². The molecule has 2 saturated heterocycles. The van der Waals surface area contributed by atoms with Gasteiger partial charge in [-0.25, -0.2) is 0 Å². The Morgan fingerprint density at radius 3 is 2.29 bits per heavy atom. The Bertz CT molecular complexity index is 778. The minimum Gasteiger partial charge on any atom is -0.373 e. The van der Waals surface area contributed by atoms with Crippen LogP contribution < -0.4 is 0 Å². The van der Waals surface area contributed by atoms with Gasteiger partial charge in [-0.1, -0.05) is 6.07 Å². The topological polar surface area (TPSA) is 87.2 Å². The van der Waals surface area contributed by atoms with Crippen LogP contribution in [0.5, 0.6) is 0 Å². The van der Waals surface area contributed by atoms with E-state index in [-0.39, 0.29) is 49.8 Å². The lowest BCUT2D eigenvalue weighted by atomic mass is 10.1. The van der Waals surface area contributed by atoms with Gasteiger partial charge in [-0.2, -0.15) is 17.0 Å². The van der Waals surface area contributed by atoms with Crippen molar-refractivity contribution in [2.24, 2.45) is 0 Å². The van der Waals surface area contributed by atoms with Gasteiger partial charge in [0.05, 0.1) is 17.1 Å². The molecule has 1 amide bonds. The molecule has 0 saturated carbocycles. The Balaban J connectivity index is 1.49. The molecule has 8 nitrogen and oxygen atoms in total. The quantitative estimate of drug-likeness (QED) is 0.635. The molecule has 28 heavy (non-hydrogen) atoms. The second kappa shape index (κ2) is 9.00. The first-order valence-electron chi connectivity index (χ1n) is 9.52. The van der Waals surface area contributed by atoms with Crippen LogP contribution in [0, 0.1) is 0 Å². The van der Waals surface area contributed by atoms with Gasteiger partial charge in [-0.15, -0.1) is 11.3 Å². The highest BCUT2D eigenvalue weighted by molar-refractivity contribution is 7.86. The summed E-state index contributed by atoms with van der Waals surface area (Å²) in [6.07, 6.45) is 0.0631. The van der Waals surface area contributed by atoms with Gasteiger partial charge in [0.15, 0.2) is 5.78 Å². The van der Waals surface area contributed by atoms with Gasteiger partial charge in [0, 0.05) is 52.1 Å². The molecule has 10 heteroatoms. The molecule has 156 valence electrons. The zero-order valence-corrected chi connectivity index (χ0v) is 17.9. The summed E-state index contributed by atoms with van der Waals surface area (Å²) in [4.78, 5) is 26.8. The maximum atomic E-state index is 12.9. The normalized spacial score (nSPS) is 25.0. The number of ether oxygens (including phenoxy) is 1. The number of thiophene rings is 1. The number of amides is 1. The number of morpholine rings is 1. The molecule has 0 N–H and O–H groups in total. The van der Waals surface area contributed by atoms with E-state index in [1.807, 2.05) is 25.3 Å². The number of ketones is 1. The van der Waals surface area contributed by atoms with Crippen LogP contribution in [0.15, 0.2) is 17.5 Å². The highest BCUT2D eigenvalue weighted by Gasteiger charge is 2.37. The molecule has 2 fully saturated rings. The fraction of sp³-hybridized carbons (Fsp3) is 0.667. The fourth-order valence-corrected chi connectivity index (χ4v) is 6.03. The summed E-state index contributed by atoms with van der Waals surface area (Å²) in [7, 11) is -3.56. The third-order valence-corrected chi connectivity index (χ3v) is 7.87. The van der Waals surface area contributed by atoms with Crippen LogP contribution in [0.2, 0.25) is 0 Å². The van der Waals surface area contributed by atoms with E-state index in [1.165, 1.54) is 19.9 Å². The molecule has 2 atom stereocenters. The first kappa shape index (κ1) is 21.4. The first-order chi connectivity index (χ1) is 13.3. The number of hydrogen-bond acceptors (Lipinski definition) is 6. The van der Waals surface area contributed by atoms with Crippen LogP contribution in [-0.4, -0.2) is 85.1 Å². The van der Waals surface area contributed by atoms with Crippen molar-refractivity contribution >= 4 is 33.2 Å². The van der Waals surface area contributed by atoms with Crippen LogP contribution in [0.1, 0.15) is 36.4 Å². The van der Waals surface area contributed by atoms with E-state index >= 15 is 0 Å². The first-order valence-corrected chi connectivity index (χ1v) is 11.8. The molecule has 0 radical (unpaired) electrons. The maximum Gasteiger partial charge on any atom is 0.282 e. The van der Waals surface area contributed by atoms with Gasteiger partial charge in [-0.3, -0.25) is 9.59 Å². The smallest absolute Gasteiger partial charge is 0.282 e. The van der Waals surface area contributed by atoms with Gasteiger partial charge in [0.1, 0.15) is 0 Å². The van der Waals surface area contributed by atoms with Gasteiger partial charge in [0.25, 0.3) is 10.2 Å². The van der Waals surface area contributed by atoms with E-state index in [0.29, 0.717) is 31.1 Å². The van der Waals surface area contributed by atoms with Crippen molar-refractivity contribution in [1.82, 2.24) is 13.5 Å². The second-order valence-electron chi connectivity index (χ2n) is 7.26. The number of piperazine rings is 1.